The van der Waals surface area contributed by atoms with E-state index in [1.807, 2.05) is 0 Å². The molecule has 2 rings (SSSR count). The highest BCUT2D eigenvalue weighted by Gasteiger charge is 2.34. The Morgan fingerprint density at radius 1 is 1.45 bits per heavy atom. The van der Waals surface area contributed by atoms with Crippen molar-refractivity contribution in [3.63, 3.8) is 0 Å². The fourth-order valence-electron chi connectivity index (χ4n) is 2.20. The highest BCUT2D eigenvalue weighted by Crippen LogP contribution is 2.28. The predicted molar refractivity (Wildman–Crippen MR) is 68.5 cm³/mol. The molecule has 1 aromatic carbocycles. The molecule has 0 saturated carbocycles. The van der Waals surface area contributed by atoms with Crippen molar-refractivity contribution in [3.05, 3.63) is 34.4 Å². The first-order valence-electron chi connectivity index (χ1n) is 5.73. The first-order valence-corrected chi connectivity index (χ1v) is 7.28. The van der Waals surface area contributed by atoms with Gasteiger partial charge in [0.1, 0.15) is 0 Å². The molecule has 9 heteroatoms. The average molecular weight is 302 g/mol. The highest BCUT2D eigenvalue weighted by atomic mass is 32.3. The fourth-order valence-corrected chi connectivity index (χ4v) is 2.99. The molecule has 1 fully saturated rings. The molecule has 1 heterocycles. The van der Waals surface area contributed by atoms with Crippen LogP contribution in [0, 0.1) is 16.0 Å². The van der Waals surface area contributed by atoms with E-state index in [1.165, 1.54) is 29.2 Å². The van der Waals surface area contributed by atoms with E-state index in [0.717, 1.165) is 0 Å². The van der Waals surface area contributed by atoms with Gasteiger partial charge in [-0.05, 0) is 6.07 Å². The minimum absolute atomic E-state index is 0.0309. The molecule has 0 aromatic heterocycles. The lowest BCUT2D eigenvalue weighted by atomic mass is 10.1. The summed E-state index contributed by atoms with van der Waals surface area (Å²) >= 11 is 0. The van der Waals surface area contributed by atoms with Crippen molar-refractivity contribution in [2.75, 3.05) is 17.2 Å². The maximum absolute atomic E-state index is 12.6. The molecule has 0 aliphatic carbocycles. The van der Waals surface area contributed by atoms with Gasteiger partial charge in [-0.1, -0.05) is 6.07 Å². The number of amides is 1. The summed E-state index contributed by atoms with van der Waals surface area (Å²) in [6.07, 6.45) is -0.0914. The average Bonchev–Trinajstić information content (AvgIpc) is 2.68. The summed E-state index contributed by atoms with van der Waals surface area (Å²) in [5.41, 5.74) is 0.139. The van der Waals surface area contributed by atoms with E-state index in [1.54, 1.807) is 0 Å². The standard InChI is InChI=1S/C11H11FN2O5S/c12-20(18,19)7-8-4-11(15)13(6-8)9-2-1-3-10(5-9)14(16)17/h1-3,5,8H,4,6-7H2. The molecule has 20 heavy (non-hydrogen) atoms. The van der Waals surface area contributed by atoms with Crippen LogP contribution < -0.4 is 4.90 Å². The molecule has 0 radical (unpaired) electrons. The van der Waals surface area contributed by atoms with Crippen molar-refractivity contribution in [2.45, 2.75) is 6.42 Å². The Hall–Kier alpha value is -2.03. The van der Waals surface area contributed by atoms with Crippen LogP contribution in [-0.4, -0.2) is 31.5 Å². The molecule has 1 atom stereocenters. The number of nitrogens with zero attached hydrogens (tertiary/aromatic N) is 2. The molecule has 0 N–H and O–H groups in total. The zero-order chi connectivity index (χ0) is 14.9. The van der Waals surface area contributed by atoms with E-state index in [9.17, 15) is 27.2 Å². The van der Waals surface area contributed by atoms with Gasteiger partial charge in [-0.3, -0.25) is 14.9 Å². The second-order valence-electron chi connectivity index (χ2n) is 4.56. The van der Waals surface area contributed by atoms with E-state index >= 15 is 0 Å². The number of nitro benzene ring substituents is 1. The van der Waals surface area contributed by atoms with Gasteiger partial charge >= 0.3 is 10.2 Å². The summed E-state index contributed by atoms with van der Waals surface area (Å²) in [5.74, 6) is -1.74. The van der Waals surface area contributed by atoms with Crippen molar-refractivity contribution >= 4 is 27.5 Å². The molecule has 1 unspecified atom stereocenters. The van der Waals surface area contributed by atoms with Crippen molar-refractivity contribution in [3.8, 4) is 0 Å². The van der Waals surface area contributed by atoms with E-state index in [4.69, 9.17) is 0 Å². The Morgan fingerprint density at radius 3 is 2.75 bits per heavy atom. The first-order chi connectivity index (χ1) is 9.26. The van der Waals surface area contributed by atoms with Gasteiger partial charge < -0.3 is 4.90 Å². The van der Waals surface area contributed by atoms with Crippen LogP contribution in [-0.2, 0) is 15.0 Å². The van der Waals surface area contributed by atoms with Crippen LogP contribution in [0.2, 0.25) is 0 Å². The Balaban J connectivity index is 2.20. The smallest absolute Gasteiger partial charge is 0.302 e. The number of rotatable bonds is 4. The lowest BCUT2D eigenvalue weighted by molar-refractivity contribution is -0.384. The minimum atomic E-state index is -4.65. The maximum Gasteiger partial charge on any atom is 0.302 e. The van der Waals surface area contributed by atoms with Crippen molar-refractivity contribution < 1.29 is 22.0 Å². The zero-order valence-corrected chi connectivity index (χ0v) is 11.0. The van der Waals surface area contributed by atoms with Gasteiger partial charge in [0, 0.05) is 31.0 Å². The summed E-state index contributed by atoms with van der Waals surface area (Å²) < 4.78 is 33.8. The molecule has 1 aliphatic heterocycles. The van der Waals surface area contributed by atoms with Gasteiger partial charge in [-0.2, -0.15) is 8.42 Å². The first kappa shape index (κ1) is 14.4. The van der Waals surface area contributed by atoms with Crippen LogP contribution in [0.25, 0.3) is 0 Å². The minimum Gasteiger partial charge on any atom is -0.312 e. The largest absolute Gasteiger partial charge is 0.312 e. The van der Waals surface area contributed by atoms with Crippen LogP contribution in [0.3, 0.4) is 0 Å². The Kier molecular flexibility index (Phi) is 3.71. The van der Waals surface area contributed by atoms with Gasteiger partial charge in [-0.15, -0.1) is 3.89 Å². The summed E-state index contributed by atoms with van der Waals surface area (Å²) in [4.78, 5) is 23.1. The monoisotopic (exact) mass is 302 g/mol. The van der Waals surface area contributed by atoms with Crippen molar-refractivity contribution in [1.29, 1.82) is 0 Å². The normalized spacial score (nSPS) is 19.4. The van der Waals surface area contributed by atoms with Gasteiger partial charge in [0.15, 0.2) is 0 Å². The second kappa shape index (κ2) is 5.16. The SMILES string of the molecule is O=C1CC(CS(=O)(=O)F)CN1c1cccc([N+](=O)[O-])c1. The molecule has 108 valence electrons. The van der Waals surface area contributed by atoms with Gasteiger partial charge in [0.2, 0.25) is 5.91 Å². The van der Waals surface area contributed by atoms with Gasteiger partial charge in [-0.25, -0.2) is 0 Å². The van der Waals surface area contributed by atoms with Gasteiger partial charge in [0.25, 0.3) is 5.69 Å². The number of non-ortho nitro benzene ring substituents is 1. The highest BCUT2D eigenvalue weighted by molar-refractivity contribution is 7.86. The Morgan fingerprint density at radius 2 is 2.15 bits per heavy atom. The molecule has 1 amide bonds. The van der Waals surface area contributed by atoms with Crippen LogP contribution in [0.5, 0.6) is 0 Å². The van der Waals surface area contributed by atoms with E-state index in [0.29, 0.717) is 5.69 Å². The molecule has 1 saturated heterocycles. The van der Waals surface area contributed by atoms with Crippen molar-refractivity contribution in [2.24, 2.45) is 5.92 Å². The molecule has 1 aromatic rings. The third-order valence-corrected chi connectivity index (χ3v) is 3.86. The number of hydrogen-bond acceptors (Lipinski definition) is 5. The molecule has 0 spiro atoms. The van der Waals surface area contributed by atoms with Gasteiger partial charge in [0.05, 0.1) is 16.4 Å². The topological polar surface area (TPSA) is 97.6 Å². The summed E-state index contributed by atoms with van der Waals surface area (Å²) in [6, 6.07) is 5.45. The third kappa shape index (κ3) is 3.29. The molecule has 1 aliphatic rings. The van der Waals surface area contributed by atoms with Crippen molar-refractivity contribution in [1.82, 2.24) is 0 Å². The number of carbonyl (C=O) groups is 1. The summed E-state index contributed by atoms with van der Waals surface area (Å²) in [7, 11) is -4.65. The number of halogens is 1. The molecular formula is C11H11FN2O5S. The number of nitro groups is 1. The number of anilines is 1. The van der Waals surface area contributed by atoms with E-state index in [-0.39, 0.29) is 24.6 Å². The number of hydrogen-bond donors (Lipinski definition) is 0. The number of carbonyl (C=O) groups excluding carboxylic acids is 1. The molecular weight excluding hydrogens is 291 g/mol. The van der Waals surface area contributed by atoms with Crippen LogP contribution in [0.15, 0.2) is 24.3 Å². The van der Waals surface area contributed by atoms with E-state index < -0.39 is 26.8 Å². The summed E-state index contributed by atoms with van der Waals surface area (Å²) in [6.45, 7) is 0.0309. The Labute approximate surface area is 114 Å². The third-order valence-electron chi connectivity index (χ3n) is 2.99. The zero-order valence-electron chi connectivity index (χ0n) is 10.2. The Bertz CT molecular complexity index is 661. The van der Waals surface area contributed by atoms with E-state index in [2.05, 4.69) is 0 Å². The van der Waals surface area contributed by atoms with Crippen LogP contribution in [0.4, 0.5) is 15.3 Å². The predicted octanol–water partition coefficient (Wildman–Crippen LogP) is 1.25. The lowest BCUT2D eigenvalue weighted by Gasteiger charge is -2.16. The molecule has 0 bridgehead atoms. The number of benzene rings is 1. The maximum atomic E-state index is 12.6. The lowest BCUT2D eigenvalue weighted by Crippen LogP contribution is -2.25. The van der Waals surface area contributed by atoms with Crippen LogP contribution in [0.1, 0.15) is 6.42 Å². The fraction of sp³-hybridized carbons (Fsp3) is 0.364. The van der Waals surface area contributed by atoms with Crippen LogP contribution >= 0.6 is 0 Å². The quantitative estimate of drug-likeness (QED) is 0.473. The summed E-state index contributed by atoms with van der Waals surface area (Å²) in [5, 5.41) is 10.7. The second-order valence-corrected chi connectivity index (χ2v) is 5.97. The molecule has 7 nitrogen and oxygen atoms in total.